The number of ether oxygens (including phenoxy) is 1. The summed E-state index contributed by atoms with van der Waals surface area (Å²) in [6.07, 6.45) is 6.58. The van der Waals surface area contributed by atoms with Crippen LogP contribution in [-0.4, -0.2) is 63.1 Å². The van der Waals surface area contributed by atoms with Gasteiger partial charge in [0.1, 0.15) is 5.60 Å². The predicted octanol–water partition coefficient (Wildman–Crippen LogP) is 2.17. The Morgan fingerprint density at radius 1 is 1.31 bits per heavy atom. The van der Waals surface area contributed by atoms with Gasteiger partial charge in [-0.05, 0) is 75.7 Å². The fourth-order valence-corrected chi connectivity index (χ4v) is 4.42. The molecule has 4 rings (SSSR count). The van der Waals surface area contributed by atoms with Crippen LogP contribution in [0.5, 0.6) is 5.75 Å². The van der Waals surface area contributed by atoms with Gasteiger partial charge in [0, 0.05) is 6.42 Å². The number of carbonyl (C=O) groups excluding carboxylic acids is 2. The minimum atomic E-state index is -1.27. The number of aromatic nitrogens is 3. The number of likely N-dealkylation sites (N-methyl/N-ethyl adjacent to an activating group) is 1. The molecule has 1 aliphatic carbocycles. The largest absolute Gasteiger partial charge is 0.490 e. The Morgan fingerprint density at radius 2 is 2.11 bits per heavy atom. The van der Waals surface area contributed by atoms with Gasteiger partial charge in [-0.15, -0.1) is 5.10 Å². The Bertz CT molecular complexity index is 1060. The van der Waals surface area contributed by atoms with Gasteiger partial charge in [-0.25, -0.2) is 9.07 Å². The van der Waals surface area contributed by atoms with Gasteiger partial charge in [0.15, 0.2) is 11.6 Å². The van der Waals surface area contributed by atoms with Crippen molar-refractivity contribution in [3.8, 4) is 5.75 Å². The molecule has 2 fully saturated rings. The Kier molecular flexibility index (Phi) is 7.81. The first-order valence-electron chi connectivity index (χ1n) is 12.4. The lowest BCUT2D eigenvalue weighted by atomic mass is 9.90. The van der Waals surface area contributed by atoms with Crippen LogP contribution in [0.15, 0.2) is 24.4 Å². The third-order valence-electron chi connectivity index (χ3n) is 7.02. The van der Waals surface area contributed by atoms with Crippen LogP contribution in [-0.2, 0) is 28.2 Å². The molecule has 10 heteroatoms. The van der Waals surface area contributed by atoms with Gasteiger partial charge >= 0.3 is 0 Å². The first-order chi connectivity index (χ1) is 16.8. The van der Waals surface area contributed by atoms with Gasteiger partial charge < -0.3 is 9.84 Å². The molecule has 2 amide bonds. The van der Waals surface area contributed by atoms with E-state index in [4.69, 9.17) is 4.74 Å². The van der Waals surface area contributed by atoms with Crippen molar-refractivity contribution in [2.24, 2.45) is 5.92 Å². The number of carbonyl (C=O) groups is 2. The molecule has 2 aromatic rings. The number of nitrogens with zero attached hydrogens (tertiary/aromatic N) is 4. The Morgan fingerprint density at radius 3 is 2.83 bits per heavy atom. The Balaban J connectivity index is 1.37. The molecule has 1 saturated carbocycles. The van der Waals surface area contributed by atoms with E-state index in [1.807, 2.05) is 18.9 Å². The highest BCUT2D eigenvalue weighted by molar-refractivity contribution is 6.00. The van der Waals surface area contributed by atoms with Crippen LogP contribution in [0.3, 0.4) is 0 Å². The molecule has 2 heterocycles. The van der Waals surface area contributed by atoms with Gasteiger partial charge in [0.25, 0.3) is 0 Å². The molecule has 1 aromatic heterocycles. The van der Waals surface area contributed by atoms with Gasteiger partial charge in [0.2, 0.25) is 11.8 Å². The number of halogens is 1. The molecule has 1 aliphatic heterocycles. The van der Waals surface area contributed by atoms with Crippen molar-refractivity contribution in [1.82, 2.24) is 25.2 Å². The number of amides is 2. The lowest BCUT2D eigenvalue weighted by Crippen LogP contribution is -2.51. The van der Waals surface area contributed by atoms with Crippen LogP contribution >= 0.6 is 0 Å². The number of hydrogen-bond acceptors (Lipinski definition) is 7. The molecule has 0 spiro atoms. The molecule has 0 radical (unpaired) electrons. The SMILES string of the molecule is CC[C@@](O)(Cn1nncc1CCCN(C)C1CCC(=O)NC1=O)c1ccc(F)c(OCC2CC2)c1. The molecule has 1 aromatic carbocycles. The van der Waals surface area contributed by atoms with Crippen molar-refractivity contribution in [2.45, 2.75) is 70.1 Å². The average Bonchev–Trinajstić information content (AvgIpc) is 3.57. The standard InChI is InChI=1S/C25H34FN5O4/c1-3-25(34,18-8-9-20(26)22(13-18)35-15-17-6-7-17)16-31-19(14-27-29-31)5-4-12-30(2)21-10-11-23(32)28-24(21)33/h8-9,13-14,17,21,34H,3-7,10-12,15-16H2,1-2H3,(H,28,32,33)/t21?,25-/m1/s1. The van der Waals surface area contributed by atoms with E-state index in [-0.39, 0.29) is 30.2 Å². The zero-order valence-electron chi connectivity index (χ0n) is 20.4. The minimum Gasteiger partial charge on any atom is -0.490 e. The lowest BCUT2D eigenvalue weighted by Gasteiger charge is -2.30. The van der Waals surface area contributed by atoms with Crippen LogP contribution in [0.25, 0.3) is 0 Å². The van der Waals surface area contributed by atoms with Crippen LogP contribution < -0.4 is 10.1 Å². The maximum atomic E-state index is 14.3. The molecular weight excluding hydrogens is 453 g/mol. The van der Waals surface area contributed by atoms with Gasteiger partial charge in [0.05, 0.1) is 31.1 Å². The number of nitrogens with one attached hydrogen (secondary N) is 1. The fraction of sp³-hybridized carbons (Fsp3) is 0.600. The summed E-state index contributed by atoms with van der Waals surface area (Å²) in [4.78, 5) is 25.4. The highest BCUT2D eigenvalue weighted by Gasteiger charge is 2.32. The third-order valence-corrected chi connectivity index (χ3v) is 7.02. The van der Waals surface area contributed by atoms with Crippen molar-refractivity contribution in [3.63, 3.8) is 0 Å². The molecule has 2 N–H and O–H groups in total. The van der Waals surface area contributed by atoms with Crippen molar-refractivity contribution in [3.05, 3.63) is 41.5 Å². The van der Waals surface area contributed by atoms with Crippen molar-refractivity contribution in [1.29, 1.82) is 0 Å². The second-order valence-corrected chi connectivity index (χ2v) is 9.72. The maximum Gasteiger partial charge on any atom is 0.243 e. The zero-order chi connectivity index (χ0) is 25.0. The molecule has 1 unspecified atom stereocenters. The average molecular weight is 488 g/mol. The topological polar surface area (TPSA) is 110 Å². The van der Waals surface area contributed by atoms with Crippen LogP contribution in [0.1, 0.15) is 56.7 Å². The van der Waals surface area contributed by atoms with E-state index in [2.05, 4.69) is 15.6 Å². The van der Waals surface area contributed by atoms with Gasteiger partial charge in [-0.2, -0.15) is 0 Å². The lowest BCUT2D eigenvalue weighted by molar-refractivity contribution is -0.137. The van der Waals surface area contributed by atoms with Crippen molar-refractivity contribution < 1.29 is 23.8 Å². The number of aryl methyl sites for hydroxylation is 1. The molecule has 1 saturated heterocycles. The third kappa shape index (κ3) is 6.24. The van der Waals surface area contributed by atoms with E-state index < -0.39 is 11.4 Å². The second-order valence-electron chi connectivity index (χ2n) is 9.72. The number of imide groups is 1. The van der Waals surface area contributed by atoms with Crippen LogP contribution in [0.4, 0.5) is 4.39 Å². The summed E-state index contributed by atoms with van der Waals surface area (Å²) >= 11 is 0. The molecular formula is C25H34FN5O4. The molecule has 35 heavy (non-hydrogen) atoms. The fourth-order valence-electron chi connectivity index (χ4n) is 4.42. The molecule has 0 bridgehead atoms. The molecule has 9 nitrogen and oxygen atoms in total. The Hall–Kier alpha value is -2.85. The van der Waals surface area contributed by atoms with Crippen LogP contribution in [0.2, 0.25) is 0 Å². The highest BCUT2D eigenvalue weighted by atomic mass is 19.1. The van der Waals surface area contributed by atoms with E-state index in [0.29, 0.717) is 50.3 Å². The first-order valence-corrected chi connectivity index (χ1v) is 12.4. The molecule has 2 aliphatic rings. The monoisotopic (exact) mass is 487 g/mol. The van der Waals surface area contributed by atoms with Crippen molar-refractivity contribution >= 4 is 11.8 Å². The summed E-state index contributed by atoms with van der Waals surface area (Å²) in [5, 5.41) is 22.1. The summed E-state index contributed by atoms with van der Waals surface area (Å²) in [5.74, 6) is -0.245. The van der Waals surface area contributed by atoms with E-state index in [1.54, 1.807) is 23.0 Å². The second kappa shape index (κ2) is 10.8. The quantitative estimate of drug-likeness (QED) is 0.442. The zero-order valence-corrected chi connectivity index (χ0v) is 20.4. The predicted molar refractivity (Wildman–Crippen MR) is 126 cm³/mol. The smallest absolute Gasteiger partial charge is 0.243 e. The maximum absolute atomic E-state index is 14.3. The summed E-state index contributed by atoms with van der Waals surface area (Å²) in [5.41, 5.74) is 0.171. The summed E-state index contributed by atoms with van der Waals surface area (Å²) in [6.45, 7) is 3.20. The molecule has 190 valence electrons. The van der Waals surface area contributed by atoms with E-state index in [9.17, 15) is 19.1 Å². The summed E-state index contributed by atoms with van der Waals surface area (Å²) in [7, 11) is 1.88. The summed E-state index contributed by atoms with van der Waals surface area (Å²) < 4.78 is 21.6. The van der Waals surface area contributed by atoms with E-state index in [1.165, 1.54) is 6.07 Å². The van der Waals surface area contributed by atoms with Gasteiger partial charge in [-0.3, -0.25) is 19.8 Å². The number of benzene rings is 1. The number of piperidine rings is 1. The molecule has 2 atom stereocenters. The number of hydrogen-bond donors (Lipinski definition) is 2. The van der Waals surface area contributed by atoms with Gasteiger partial charge in [-0.1, -0.05) is 18.2 Å². The van der Waals surface area contributed by atoms with Crippen LogP contribution in [0, 0.1) is 11.7 Å². The van der Waals surface area contributed by atoms with E-state index in [0.717, 1.165) is 25.0 Å². The highest BCUT2D eigenvalue weighted by Crippen LogP contribution is 2.33. The number of rotatable bonds is 12. The summed E-state index contributed by atoms with van der Waals surface area (Å²) in [6, 6.07) is 4.21. The van der Waals surface area contributed by atoms with Crippen molar-refractivity contribution in [2.75, 3.05) is 20.2 Å². The first kappa shape index (κ1) is 25.2. The Labute approximate surface area is 204 Å². The minimum absolute atomic E-state index is 0.163. The number of aliphatic hydroxyl groups is 1. The normalized spacial score (nSPS) is 20.1. The van der Waals surface area contributed by atoms with E-state index >= 15 is 0 Å².